The molecule has 0 rings (SSSR count). The van der Waals surface area contributed by atoms with E-state index >= 15 is 0 Å². The molecular formula is C3H7ClF2O2S. The highest BCUT2D eigenvalue weighted by Gasteiger charge is 1.94. The lowest BCUT2D eigenvalue weighted by Gasteiger charge is -1.65. The molecule has 6 heteroatoms. The average molecular weight is 181 g/mol. The molecule has 2 nitrogen and oxygen atoms in total. The molecule has 0 aromatic rings. The van der Waals surface area contributed by atoms with Crippen molar-refractivity contribution in [2.45, 2.75) is 13.3 Å². The maximum Gasteiger partial charge on any atom is 0.476 e. The van der Waals surface area contributed by atoms with E-state index in [0.29, 0.717) is 0 Å². The van der Waals surface area contributed by atoms with Gasteiger partial charge in [-0.25, -0.2) is 0 Å². The summed E-state index contributed by atoms with van der Waals surface area (Å²) in [6.07, 6.45) is 1.08. The molecule has 0 bridgehead atoms. The highest BCUT2D eigenvalue weighted by molar-refractivity contribution is 7.81. The molecule has 0 saturated carbocycles. The van der Waals surface area contributed by atoms with Crippen molar-refractivity contribution in [1.29, 1.82) is 0 Å². The Morgan fingerprint density at radius 3 is 1.56 bits per heavy atom. The molecule has 0 spiro atoms. The van der Waals surface area contributed by atoms with Crippen LogP contribution >= 0.6 is 11.6 Å². The van der Waals surface area contributed by atoms with E-state index in [2.05, 4.69) is 0 Å². The lowest BCUT2D eigenvalue weighted by molar-refractivity contribution is 0.501. The summed E-state index contributed by atoms with van der Waals surface area (Å²) in [6.45, 7) is 2.05. The smallest absolute Gasteiger partial charge is 0.160 e. The summed E-state index contributed by atoms with van der Waals surface area (Å²) in [5.41, 5.74) is 0. The maximum atomic E-state index is 9.99. The van der Waals surface area contributed by atoms with Crippen molar-refractivity contribution in [2.24, 2.45) is 0 Å². The van der Waals surface area contributed by atoms with Gasteiger partial charge >= 0.3 is 10.6 Å². The topological polar surface area (TPSA) is 34.1 Å². The predicted molar refractivity (Wildman–Crippen MR) is 32.1 cm³/mol. The number of hydrogen-bond acceptors (Lipinski definition) is 2. The summed E-state index contributed by atoms with van der Waals surface area (Å²) in [5, 5.41) is 0. The monoisotopic (exact) mass is 180 g/mol. The van der Waals surface area contributed by atoms with Gasteiger partial charge < -0.3 is 0 Å². The predicted octanol–water partition coefficient (Wildman–Crippen LogP) is 1.81. The van der Waals surface area contributed by atoms with Crippen molar-refractivity contribution in [3.8, 4) is 0 Å². The van der Waals surface area contributed by atoms with E-state index < -0.39 is 10.6 Å². The highest BCUT2D eigenvalue weighted by Crippen LogP contribution is 1.85. The molecule has 9 heavy (non-hydrogen) atoms. The Morgan fingerprint density at radius 2 is 1.56 bits per heavy atom. The van der Waals surface area contributed by atoms with E-state index in [9.17, 15) is 7.77 Å². The second-order valence-electron chi connectivity index (χ2n) is 1.07. The molecule has 0 unspecified atom stereocenters. The van der Waals surface area contributed by atoms with Crippen LogP contribution in [0.3, 0.4) is 0 Å². The molecule has 0 amide bonds. The fourth-order valence-electron chi connectivity index (χ4n) is 0. The van der Waals surface area contributed by atoms with E-state index in [1.165, 1.54) is 0 Å². The Labute approximate surface area is 58.3 Å². The van der Waals surface area contributed by atoms with Crippen LogP contribution in [0.15, 0.2) is 0 Å². The Balaban J connectivity index is 0. The minimum absolute atomic E-state index is 0.792. The van der Waals surface area contributed by atoms with Gasteiger partial charge in [-0.3, -0.25) is 0 Å². The molecule has 0 aliphatic rings. The lowest BCUT2D eigenvalue weighted by atomic mass is 10.6. The fourth-order valence-corrected chi connectivity index (χ4v) is 0. The van der Waals surface area contributed by atoms with Crippen molar-refractivity contribution >= 4 is 22.2 Å². The molecule has 0 aliphatic carbocycles. The molecule has 0 N–H and O–H groups in total. The SMILES string of the molecule is CCCCl.O=S(=O)(F)F. The van der Waals surface area contributed by atoms with Crippen LogP contribution in [0.5, 0.6) is 0 Å². The Kier molecular flexibility index (Phi) is 8.19. The van der Waals surface area contributed by atoms with Gasteiger partial charge in [0.2, 0.25) is 0 Å². The summed E-state index contributed by atoms with van der Waals surface area (Å²) >= 11 is 5.19. The first kappa shape index (κ1) is 11.8. The molecule has 58 valence electrons. The fraction of sp³-hybridized carbons (Fsp3) is 1.00. The molecule has 0 aliphatic heterocycles. The van der Waals surface area contributed by atoms with Crippen LogP contribution in [0, 0.1) is 0 Å². The van der Waals surface area contributed by atoms with Crippen molar-refractivity contribution in [3.63, 3.8) is 0 Å². The molecule has 0 fully saturated rings. The zero-order valence-electron chi connectivity index (χ0n) is 4.77. The van der Waals surface area contributed by atoms with Crippen LogP contribution in [0.25, 0.3) is 0 Å². The Morgan fingerprint density at radius 1 is 1.44 bits per heavy atom. The second-order valence-corrected chi connectivity index (χ2v) is 2.20. The average Bonchev–Trinajstić information content (AvgIpc) is 1.61. The van der Waals surface area contributed by atoms with Gasteiger partial charge in [0.25, 0.3) is 0 Å². The number of alkyl halides is 1. The molecule has 0 saturated heterocycles. The van der Waals surface area contributed by atoms with Gasteiger partial charge in [0.05, 0.1) is 0 Å². The second kappa shape index (κ2) is 6.22. The van der Waals surface area contributed by atoms with Crippen LogP contribution in [-0.4, -0.2) is 14.3 Å². The molecule has 0 radical (unpaired) electrons. The van der Waals surface area contributed by atoms with Crippen LogP contribution in [-0.2, 0) is 10.6 Å². The lowest BCUT2D eigenvalue weighted by Crippen LogP contribution is -1.69. The van der Waals surface area contributed by atoms with Gasteiger partial charge in [-0.15, -0.1) is 11.6 Å². The van der Waals surface area contributed by atoms with Gasteiger partial charge in [-0.05, 0) is 6.42 Å². The maximum absolute atomic E-state index is 9.99. The minimum Gasteiger partial charge on any atom is -0.160 e. The third-order valence-electron chi connectivity index (χ3n) is 0.189. The standard InChI is InChI=1S/C3H7Cl.F2O2S/c1-2-3-4;1-5(2,3)4/h2-3H2,1H3;. The normalized spacial score (nSPS) is 9.78. The summed E-state index contributed by atoms with van der Waals surface area (Å²) in [7, 11) is -5.67. The van der Waals surface area contributed by atoms with Gasteiger partial charge in [0.1, 0.15) is 0 Å². The molecule has 0 aromatic heterocycles. The first-order valence-corrected chi connectivity index (χ1v) is 3.93. The molecular weight excluding hydrogens is 174 g/mol. The molecule has 0 atom stereocenters. The third-order valence-corrected chi connectivity index (χ3v) is 0.567. The van der Waals surface area contributed by atoms with E-state index in [1.807, 2.05) is 6.92 Å². The van der Waals surface area contributed by atoms with Crippen molar-refractivity contribution in [2.75, 3.05) is 5.88 Å². The van der Waals surface area contributed by atoms with Crippen molar-refractivity contribution in [1.82, 2.24) is 0 Å². The van der Waals surface area contributed by atoms with Crippen molar-refractivity contribution in [3.05, 3.63) is 0 Å². The zero-order valence-corrected chi connectivity index (χ0v) is 6.35. The molecule has 0 heterocycles. The summed E-state index contributed by atoms with van der Waals surface area (Å²) < 4.78 is 36.6. The van der Waals surface area contributed by atoms with Gasteiger partial charge in [0.15, 0.2) is 0 Å². The number of halogens is 3. The van der Waals surface area contributed by atoms with Crippen LogP contribution in [0.4, 0.5) is 7.77 Å². The summed E-state index contributed by atoms with van der Waals surface area (Å²) in [5.74, 6) is 0.792. The van der Waals surface area contributed by atoms with Crippen LogP contribution < -0.4 is 0 Å². The van der Waals surface area contributed by atoms with Crippen LogP contribution in [0.2, 0.25) is 0 Å². The Hall–Kier alpha value is 0.1000. The largest absolute Gasteiger partial charge is 0.476 e. The van der Waals surface area contributed by atoms with Gasteiger partial charge in [0, 0.05) is 5.88 Å². The first-order valence-electron chi connectivity index (χ1n) is 2.12. The first-order chi connectivity index (χ1) is 3.91. The molecule has 0 aromatic carbocycles. The van der Waals surface area contributed by atoms with E-state index in [-0.39, 0.29) is 0 Å². The van der Waals surface area contributed by atoms with E-state index in [1.54, 1.807) is 0 Å². The number of hydrogen-bond donors (Lipinski definition) is 0. The minimum atomic E-state index is -5.67. The van der Waals surface area contributed by atoms with Gasteiger partial charge in [-0.1, -0.05) is 14.7 Å². The van der Waals surface area contributed by atoms with Crippen LogP contribution in [0.1, 0.15) is 13.3 Å². The highest BCUT2D eigenvalue weighted by atomic mass is 35.5. The van der Waals surface area contributed by atoms with E-state index in [0.717, 1.165) is 12.3 Å². The summed E-state index contributed by atoms with van der Waals surface area (Å²) in [4.78, 5) is 0. The Bertz CT molecular complexity index is 123. The number of rotatable bonds is 1. The summed E-state index contributed by atoms with van der Waals surface area (Å²) in [6, 6.07) is 0. The van der Waals surface area contributed by atoms with E-state index in [4.69, 9.17) is 20.0 Å². The third kappa shape index (κ3) is 249. The van der Waals surface area contributed by atoms with Crippen molar-refractivity contribution < 1.29 is 16.2 Å². The van der Waals surface area contributed by atoms with Gasteiger partial charge in [-0.2, -0.15) is 8.42 Å². The quantitative estimate of drug-likeness (QED) is 0.456. The zero-order chi connectivity index (χ0) is 7.91.